The first-order valence-electron chi connectivity index (χ1n) is 14.1. The SMILES string of the molecule is COc1ccc(C(=O)N2CCC(c3ccc(Oc4nnc(C(C)(C)C)s4)cc3)CC2)cc1NS(=O)(=O)Cc1ccccc1. The minimum absolute atomic E-state index is 0.0743. The number of sulfonamides is 1. The second-order valence-corrected chi connectivity index (χ2v) is 14.3. The molecule has 1 saturated heterocycles. The van der Waals surface area contributed by atoms with Crippen molar-refractivity contribution >= 4 is 33.0 Å². The lowest BCUT2D eigenvalue weighted by atomic mass is 9.89. The van der Waals surface area contributed by atoms with E-state index in [1.807, 2.05) is 23.1 Å². The van der Waals surface area contributed by atoms with Crippen LogP contribution in [0.3, 0.4) is 0 Å². The first-order valence-corrected chi connectivity index (χ1v) is 16.6. The lowest BCUT2D eigenvalue weighted by Gasteiger charge is -2.32. The fraction of sp³-hybridized carbons (Fsp3) is 0.344. The maximum absolute atomic E-state index is 13.4. The number of benzene rings is 3. The van der Waals surface area contributed by atoms with Crippen LogP contribution in [0.25, 0.3) is 0 Å². The third kappa shape index (κ3) is 7.71. The number of anilines is 1. The number of nitrogens with zero attached hydrogens (tertiary/aromatic N) is 3. The van der Waals surface area contributed by atoms with Gasteiger partial charge >= 0.3 is 0 Å². The molecule has 1 fully saturated rings. The lowest BCUT2D eigenvalue weighted by molar-refractivity contribution is 0.0713. The Hall–Kier alpha value is -3.96. The van der Waals surface area contributed by atoms with Crippen molar-refractivity contribution in [3.05, 3.63) is 94.5 Å². The molecule has 1 amide bonds. The minimum Gasteiger partial charge on any atom is -0.495 e. The maximum atomic E-state index is 13.4. The third-order valence-corrected chi connectivity index (χ3v) is 9.77. The van der Waals surface area contributed by atoms with Crippen molar-refractivity contribution in [1.29, 1.82) is 0 Å². The number of piperidine rings is 1. The van der Waals surface area contributed by atoms with Crippen LogP contribution >= 0.6 is 11.3 Å². The number of nitrogens with one attached hydrogen (secondary N) is 1. The number of hydrogen-bond acceptors (Lipinski definition) is 8. The van der Waals surface area contributed by atoms with Crippen LogP contribution in [0.5, 0.6) is 16.7 Å². The molecule has 3 aromatic carbocycles. The summed E-state index contributed by atoms with van der Waals surface area (Å²) < 4.78 is 39.6. The highest BCUT2D eigenvalue weighted by Gasteiger charge is 2.26. The third-order valence-electron chi connectivity index (χ3n) is 7.30. The van der Waals surface area contributed by atoms with Gasteiger partial charge < -0.3 is 14.4 Å². The van der Waals surface area contributed by atoms with E-state index < -0.39 is 10.0 Å². The van der Waals surface area contributed by atoms with Gasteiger partial charge in [-0.25, -0.2) is 8.42 Å². The summed E-state index contributed by atoms with van der Waals surface area (Å²) in [7, 11) is -2.25. The molecule has 0 atom stereocenters. The van der Waals surface area contributed by atoms with E-state index in [0.717, 1.165) is 17.8 Å². The van der Waals surface area contributed by atoms with E-state index in [-0.39, 0.29) is 22.8 Å². The number of ether oxygens (including phenoxy) is 2. The van der Waals surface area contributed by atoms with Gasteiger partial charge in [-0.3, -0.25) is 9.52 Å². The molecule has 43 heavy (non-hydrogen) atoms. The van der Waals surface area contributed by atoms with Crippen molar-refractivity contribution in [2.24, 2.45) is 0 Å². The van der Waals surface area contributed by atoms with Crippen LogP contribution in [0.15, 0.2) is 72.8 Å². The zero-order valence-electron chi connectivity index (χ0n) is 24.7. The van der Waals surface area contributed by atoms with Gasteiger partial charge in [0.05, 0.1) is 18.6 Å². The highest BCUT2D eigenvalue weighted by molar-refractivity contribution is 7.91. The molecular weight excluding hydrogens is 585 g/mol. The normalized spacial score (nSPS) is 14.4. The summed E-state index contributed by atoms with van der Waals surface area (Å²) in [6.07, 6.45) is 1.65. The van der Waals surface area contributed by atoms with Crippen LogP contribution in [0.4, 0.5) is 5.69 Å². The average molecular weight is 621 g/mol. The van der Waals surface area contributed by atoms with Crippen molar-refractivity contribution in [3.8, 4) is 16.7 Å². The number of aromatic nitrogens is 2. The summed E-state index contributed by atoms with van der Waals surface area (Å²) >= 11 is 1.45. The van der Waals surface area contributed by atoms with Crippen molar-refractivity contribution < 1.29 is 22.7 Å². The molecule has 5 rings (SSSR count). The molecule has 2 heterocycles. The molecule has 1 aliphatic rings. The summed E-state index contributed by atoms with van der Waals surface area (Å²) in [5.41, 5.74) is 2.44. The summed E-state index contributed by atoms with van der Waals surface area (Å²) in [6.45, 7) is 7.48. The smallest absolute Gasteiger partial charge is 0.299 e. The molecule has 1 aromatic heterocycles. The van der Waals surface area contributed by atoms with E-state index in [0.29, 0.717) is 46.8 Å². The number of rotatable bonds is 9. The average Bonchev–Trinajstić information content (AvgIpc) is 3.47. The van der Waals surface area contributed by atoms with Crippen LogP contribution in [-0.4, -0.2) is 49.6 Å². The Morgan fingerprint density at radius 2 is 1.70 bits per heavy atom. The fourth-order valence-electron chi connectivity index (χ4n) is 4.98. The van der Waals surface area contributed by atoms with Gasteiger partial charge in [0.1, 0.15) is 16.5 Å². The van der Waals surface area contributed by atoms with Gasteiger partial charge in [-0.15, -0.1) is 5.10 Å². The molecule has 0 spiro atoms. The van der Waals surface area contributed by atoms with Gasteiger partial charge in [0.15, 0.2) is 0 Å². The predicted octanol–water partition coefficient (Wildman–Crippen LogP) is 6.60. The minimum atomic E-state index is -3.72. The van der Waals surface area contributed by atoms with Crippen LogP contribution in [0.2, 0.25) is 0 Å². The zero-order chi connectivity index (χ0) is 30.6. The molecule has 0 saturated carbocycles. The van der Waals surface area contributed by atoms with Gasteiger partial charge in [0, 0.05) is 24.1 Å². The highest BCUT2D eigenvalue weighted by atomic mass is 32.2. The number of methoxy groups -OCH3 is 1. The molecule has 226 valence electrons. The zero-order valence-corrected chi connectivity index (χ0v) is 26.4. The summed E-state index contributed by atoms with van der Waals surface area (Å²) in [5.74, 6) is 1.06. The molecule has 0 unspecified atom stereocenters. The maximum Gasteiger partial charge on any atom is 0.299 e. The Bertz CT molecular complexity index is 1660. The molecule has 1 aliphatic heterocycles. The molecule has 4 aromatic rings. The largest absolute Gasteiger partial charge is 0.495 e. The van der Waals surface area contributed by atoms with E-state index in [4.69, 9.17) is 9.47 Å². The van der Waals surface area contributed by atoms with Gasteiger partial charge in [-0.1, -0.05) is 79.7 Å². The standard InChI is InChI=1S/C32H36N4O5S2/c1-32(2,3)30-33-34-31(42-30)41-26-13-10-23(11-14-26)24-16-18-36(19-17-24)29(37)25-12-15-28(40-4)27(20-25)35-43(38,39)21-22-8-6-5-7-9-22/h5-15,20,24,35H,16-19,21H2,1-4H3. The highest BCUT2D eigenvalue weighted by Crippen LogP contribution is 2.34. The molecule has 0 radical (unpaired) electrons. The number of carbonyl (C=O) groups is 1. The van der Waals surface area contributed by atoms with Crippen LogP contribution in [-0.2, 0) is 21.2 Å². The number of likely N-dealkylation sites (tertiary alicyclic amines) is 1. The Morgan fingerprint density at radius 1 is 1.00 bits per heavy atom. The van der Waals surface area contributed by atoms with Crippen LogP contribution in [0, 0.1) is 0 Å². The molecular formula is C32H36N4O5S2. The van der Waals surface area contributed by atoms with Crippen molar-refractivity contribution in [1.82, 2.24) is 15.1 Å². The topological polar surface area (TPSA) is 111 Å². The predicted molar refractivity (Wildman–Crippen MR) is 169 cm³/mol. The Morgan fingerprint density at radius 3 is 2.33 bits per heavy atom. The molecule has 0 bridgehead atoms. The second-order valence-electron chi connectivity index (χ2n) is 11.6. The number of hydrogen-bond donors (Lipinski definition) is 1. The van der Waals surface area contributed by atoms with Gasteiger partial charge in [-0.05, 0) is 60.2 Å². The van der Waals surface area contributed by atoms with E-state index in [9.17, 15) is 13.2 Å². The number of carbonyl (C=O) groups excluding carboxylic acids is 1. The summed E-state index contributed by atoms with van der Waals surface area (Å²) in [5, 5.41) is 9.84. The quantitative estimate of drug-likeness (QED) is 0.225. The van der Waals surface area contributed by atoms with Crippen molar-refractivity contribution in [2.45, 2.75) is 50.7 Å². The van der Waals surface area contributed by atoms with E-state index >= 15 is 0 Å². The van der Waals surface area contributed by atoms with Crippen LogP contribution in [0.1, 0.15) is 66.0 Å². The molecule has 0 aliphatic carbocycles. The first-order chi connectivity index (χ1) is 20.5. The summed E-state index contributed by atoms with van der Waals surface area (Å²) in [6, 6.07) is 21.8. The van der Waals surface area contributed by atoms with Gasteiger partial charge in [0.25, 0.3) is 11.1 Å². The van der Waals surface area contributed by atoms with Gasteiger partial charge in [-0.2, -0.15) is 0 Å². The Kier molecular flexibility index (Phi) is 9.03. The van der Waals surface area contributed by atoms with E-state index in [1.54, 1.807) is 42.5 Å². The lowest BCUT2D eigenvalue weighted by Crippen LogP contribution is -2.38. The summed E-state index contributed by atoms with van der Waals surface area (Å²) in [4.78, 5) is 15.2. The monoisotopic (exact) mass is 620 g/mol. The van der Waals surface area contributed by atoms with Crippen molar-refractivity contribution in [3.63, 3.8) is 0 Å². The Balaban J connectivity index is 1.19. The molecule has 9 nitrogen and oxygen atoms in total. The first kappa shape index (κ1) is 30.5. The van der Waals surface area contributed by atoms with Crippen LogP contribution < -0.4 is 14.2 Å². The molecule has 11 heteroatoms. The Labute approximate surface area is 256 Å². The van der Waals surface area contributed by atoms with E-state index in [2.05, 4.69) is 47.8 Å². The van der Waals surface area contributed by atoms with E-state index in [1.165, 1.54) is 24.0 Å². The fourth-order valence-corrected chi connectivity index (χ4v) is 6.95. The second kappa shape index (κ2) is 12.7. The van der Waals surface area contributed by atoms with Gasteiger partial charge in [0.2, 0.25) is 10.0 Å². The number of amides is 1. The molecule has 1 N–H and O–H groups in total. The van der Waals surface area contributed by atoms with Crippen molar-refractivity contribution in [2.75, 3.05) is 24.9 Å².